The Bertz CT molecular complexity index is 736. The van der Waals surface area contributed by atoms with Crippen molar-refractivity contribution in [3.8, 4) is 11.6 Å². The normalized spacial score (nSPS) is 11.0. The smallest absolute Gasteiger partial charge is 0.412 e. The van der Waals surface area contributed by atoms with Gasteiger partial charge in [0.15, 0.2) is 0 Å². The average Bonchev–Trinajstić information content (AvgIpc) is 2.48. The van der Waals surface area contributed by atoms with E-state index >= 15 is 0 Å². The number of rotatable bonds is 4. The minimum atomic E-state index is -1.05. The number of nitrogens with zero attached hydrogens (tertiary/aromatic N) is 3. The molecular formula is C16H17N3O5. The SMILES string of the molecule is CC(C)(C)N(C(=O)O)c1ccc(Oc2ccc([N+](=O)[O-])cn2)cc1. The molecule has 0 radical (unpaired) electrons. The molecule has 1 N–H and O–H groups in total. The van der Waals surface area contributed by atoms with E-state index in [0.717, 1.165) is 6.20 Å². The van der Waals surface area contributed by atoms with Crippen molar-refractivity contribution >= 4 is 17.5 Å². The van der Waals surface area contributed by atoms with E-state index in [9.17, 15) is 20.0 Å². The predicted octanol–water partition coefficient (Wildman–Crippen LogP) is 4.07. The lowest BCUT2D eigenvalue weighted by atomic mass is 10.1. The lowest BCUT2D eigenvalue weighted by molar-refractivity contribution is -0.385. The number of hydrogen-bond acceptors (Lipinski definition) is 5. The summed E-state index contributed by atoms with van der Waals surface area (Å²) in [7, 11) is 0. The second-order valence-corrected chi connectivity index (χ2v) is 6.00. The van der Waals surface area contributed by atoms with Crippen LogP contribution in [0.15, 0.2) is 42.6 Å². The van der Waals surface area contributed by atoms with Crippen LogP contribution in [0.4, 0.5) is 16.2 Å². The van der Waals surface area contributed by atoms with Crippen LogP contribution in [0, 0.1) is 10.1 Å². The fourth-order valence-electron chi connectivity index (χ4n) is 2.11. The molecule has 0 bridgehead atoms. The number of carbonyl (C=O) groups is 1. The third-order valence-electron chi connectivity index (χ3n) is 3.11. The summed E-state index contributed by atoms with van der Waals surface area (Å²) in [6.45, 7) is 5.39. The Kier molecular flexibility index (Phi) is 4.68. The largest absolute Gasteiger partial charge is 0.465 e. The number of benzene rings is 1. The first kappa shape index (κ1) is 17.2. The monoisotopic (exact) mass is 331 g/mol. The minimum Gasteiger partial charge on any atom is -0.465 e. The van der Waals surface area contributed by atoms with Crippen molar-refractivity contribution in [3.63, 3.8) is 0 Å². The quantitative estimate of drug-likeness (QED) is 0.669. The molecule has 1 amide bonds. The number of amides is 1. The van der Waals surface area contributed by atoms with Gasteiger partial charge in [0.05, 0.1) is 4.92 Å². The van der Waals surface area contributed by atoms with Gasteiger partial charge in [0.1, 0.15) is 11.9 Å². The molecule has 8 heteroatoms. The molecule has 0 fully saturated rings. The summed E-state index contributed by atoms with van der Waals surface area (Å²) >= 11 is 0. The van der Waals surface area contributed by atoms with E-state index in [4.69, 9.17) is 4.74 Å². The molecule has 1 heterocycles. The molecule has 2 aromatic rings. The summed E-state index contributed by atoms with van der Waals surface area (Å²) in [5, 5.41) is 19.9. The van der Waals surface area contributed by atoms with Gasteiger partial charge in [-0.3, -0.25) is 15.0 Å². The summed E-state index contributed by atoms with van der Waals surface area (Å²) in [5.41, 5.74) is -0.201. The molecule has 0 aliphatic heterocycles. The molecule has 0 aliphatic rings. The molecular weight excluding hydrogens is 314 g/mol. The molecule has 0 unspecified atom stereocenters. The Hall–Kier alpha value is -3.16. The van der Waals surface area contributed by atoms with Gasteiger partial charge in [-0.15, -0.1) is 0 Å². The van der Waals surface area contributed by atoms with Gasteiger partial charge >= 0.3 is 6.09 Å². The van der Waals surface area contributed by atoms with Crippen LogP contribution in [0.5, 0.6) is 11.6 Å². The van der Waals surface area contributed by atoms with Crippen LogP contribution in [0.3, 0.4) is 0 Å². The predicted molar refractivity (Wildman–Crippen MR) is 87.7 cm³/mol. The summed E-state index contributed by atoms with van der Waals surface area (Å²) < 4.78 is 5.49. The van der Waals surface area contributed by atoms with Gasteiger partial charge in [0.2, 0.25) is 5.88 Å². The Balaban J connectivity index is 2.17. The fraction of sp³-hybridized carbons (Fsp3) is 0.250. The second kappa shape index (κ2) is 6.53. The van der Waals surface area contributed by atoms with Crippen LogP contribution in [0.2, 0.25) is 0 Å². The van der Waals surface area contributed by atoms with Crippen LogP contribution >= 0.6 is 0 Å². The van der Waals surface area contributed by atoms with Gasteiger partial charge < -0.3 is 9.84 Å². The highest BCUT2D eigenvalue weighted by Gasteiger charge is 2.27. The maximum atomic E-state index is 11.4. The molecule has 1 aromatic heterocycles. The number of aromatic nitrogens is 1. The standard InChI is InChI=1S/C16H17N3O5/c1-16(2,3)18(15(20)21)11-4-7-13(8-5-11)24-14-9-6-12(10-17-14)19(22)23/h4-10H,1-3H3,(H,20,21). The Morgan fingerprint density at radius 1 is 1.21 bits per heavy atom. The highest BCUT2D eigenvalue weighted by molar-refractivity contribution is 5.87. The topological polar surface area (TPSA) is 106 Å². The summed E-state index contributed by atoms with van der Waals surface area (Å²) in [6.07, 6.45) is 0.0587. The molecule has 8 nitrogen and oxygen atoms in total. The molecule has 0 aliphatic carbocycles. The minimum absolute atomic E-state index is 0.125. The molecule has 1 aromatic carbocycles. The molecule has 0 atom stereocenters. The maximum Gasteiger partial charge on any atom is 0.412 e. The highest BCUT2D eigenvalue weighted by atomic mass is 16.6. The van der Waals surface area contributed by atoms with Gasteiger partial charge in [-0.2, -0.15) is 0 Å². The van der Waals surface area contributed by atoms with Crippen molar-refractivity contribution in [2.24, 2.45) is 0 Å². The Morgan fingerprint density at radius 2 is 1.83 bits per heavy atom. The first-order chi connectivity index (χ1) is 11.2. The fourth-order valence-corrected chi connectivity index (χ4v) is 2.11. The zero-order valence-electron chi connectivity index (χ0n) is 13.5. The maximum absolute atomic E-state index is 11.4. The second-order valence-electron chi connectivity index (χ2n) is 6.00. The zero-order valence-corrected chi connectivity index (χ0v) is 13.5. The van der Waals surface area contributed by atoms with Crippen molar-refractivity contribution in [3.05, 3.63) is 52.7 Å². The van der Waals surface area contributed by atoms with Crippen LogP contribution in [0.1, 0.15) is 20.8 Å². The molecule has 0 spiro atoms. The Labute approximate surface area is 138 Å². The van der Waals surface area contributed by atoms with Crippen LogP contribution < -0.4 is 9.64 Å². The highest BCUT2D eigenvalue weighted by Crippen LogP contribution is 2.28. The molecule has 126 valence electrons. The van der Waals surface area contributed by atoms with Crippen molar-refractivity contribution in [2.75, 3.05) is 4.90 Å². The number of nitro groups is 1. The first-order valence-electron chi connectivity index (χ1n) is 7.10. The zero-order chi connectivity index (χ0) is 17.9. The lowest BCUT2D eigenvalue weighted by Gasteiger charge is -2.33. The molecule has 0 saturated carbocycles. The summed E-state index contributed by atoms with van der Waals surface area (Å²) in [6, 6.07) is 9.16. The van der Waals surface area contributed by atoms with E-state index in [1.807, 2.05) is 0 Å². The summed E-state index contributed by atoms with van der Waals surface area (Å²) in [5.74, 6) is 0.651. The van der Waals surface area contributed by atoms with Gasteiger partial charge in [0, 0.05) is 23.4 Å². The van der Waals surface area contributed by atoms with Crippen LogP contribution in [-0.2, 0) is 0 Å². The van der Waals surface area contributed by atoms with Crippen LogP contribution in [0.25, 0.3) is 0 Å². The number of pyridine rings is 1. The van der Waals surface area contributed by atoms with Crippen molar-refractivity contribution in [1.29, 1.82) is 0 Å². The van der Waals surface area contributed by atoms with Crippen molar-refractivity contribution < 1.29 is 19.6 Å². The van der Waals surface area contributed by atoms with Crippen molar-refractivity contribution in [1.82, 2.24) is 4.98 Å². The van der Waals surface area contributed by atoms with Gasteiger partial charge in [-0.1, -0.05) is 0 Å². The van der Waals surface area contributed by atoms with Gasteiger partial charge in [-0.25, -0.2) is 9.78 Å². The van der Waals surface area contributed by atoms with Crippen molar-refractivity contribution in [2.45, 2.75) is 26.3 Å². The van der Waals surface area contributed by atoms with E-state index in [-0.39, 0.29) is 11.6 Å². The van der Waals surface area contributed by atoms with E-state index in [1.165, 1.54) is 17.0 Å². The van der Waals surface area contributed by atoms with E-state index in [1.54, 1.807) is 45.0 Å². The molecule has 0 saturated heterocycles. The lowest BCUT2D eigenvalue weighted by Crippen LogP contribution is -2.45. The number of anilines is 1. The molecule has 24 heavy (non-hydrogen) atoms. The van der Waals surface area contributed by atoms with Gasteiger partial charge in [0.25, 0.3) is 5.69 Å². The number of carboxylic acid groups (broad SMARTS) is 1. The molecule has 2 rings (SSSR count). The van der Waals surface area contributed by atoms with E-state index in [0.29, 0.717) is 11.4 Å². The first-order valence-corrected chi connectivity index (χ1v) is 7.10. The van der Waals surface area contributed by atoms with Crippen LogP contribution in [-0.4, -0.2) is 26.6 Å². The average molecular weight is 331 g/mol. The van der Waals surface area contributed by atoms with Gasteiger partial charge in [-0.05, 0) is 45.0 Å². The van der Waals surface area contributed by atoms with E-state index < -0.39 is 16.6 Å². The van der Waals surface area contributed by atoms with E-state index in [2.05, 4.69) is 4.98 Å². The number of hydrogen-bond donors (Lipinski definition) is 1. The third-order valence-corrected chi connectivity index (χ3v) is 3.11. The Morgan fingerprint density at radius 3 is 2.25 bits per heavy atom. The number of ether oxygens (including phenoxy) is 1. The summed E-state index contributed by atoms with van der Waals surface area (Å²) in [4.78, 5) is 26.6. The third kappa shape index (κ3) is 3.97.